The number of ether oxygens (including phenoxy) is 1. The van der Waals surface area contributed by atoms with E-state index in [1.165, 1.54) is 20.8 Å². The number of rotatable bonds is 7. The third-order valence-electron chi connectivity index (χ3n) is 3.07. The van der Waals surface area contributed by atoms with Gasteiger partial charge >= 0.3 is 10.2 Å². The van der Waals surface area contributed by atoms with Crippen LogP contribution in [0.15, 0.2) is 49.1 Å². The Morgan fingerprint density at radius 2 is 2.00 bits per heavy atom. The largest absolute Gasteiger partial charge is 0.379 e. The van der Waals surface area contributed by atoms with Gasteiger partial charge < -0.3 is 4.74 Å². The van der Waals surface area contributed by atoms with Crippen molar-refractivity contribution in [2.75, 3.05) is 20.2 Å². The van der Waals surface area contributed by atoms with E-state index in [1.807, 2.05) is 30.3 Å². The Morgan fingerprint density at radius 3 is 2.62 bits per heavy atom. The average Bonchev–Trinajstić information content (AvgIpc) is 2.92. The molecule has 0 aliphatic carbocycles. The second-order valence-corrected chi connectivity index (χ2v) is 6.72. The van der Waals surface area contributed by atoms with Crippen LogP contribution in [-0.2, 0) is 28.6 Å². The standard InChI is InChI=1S/C14H20N3O3S/c1-15-8-9-17(13-15)21(18,19)16(2)10-11-20-12-14-6-4-3-5-7-14/h3-9,13H,10-12H2,1-2H3/q+1. The Labute approximate surface area is 125 Å². The summed E-state index contributed by atoms with van der Waals surface area (Å²) in [7, 11) is -0.198. The predicted octanol–water partition coefficient (Wildman–Crippen LogP) is 0.554. The van der Waals surface area contributed by atoms with Gasteiger partial charge in [-0.3, -0.25) is 0 Å². The summed E-state index contributed by atoms with van der Waals surface area (Å²) in [5.41, 5.74) is 1.07. The maximum atomic E-state index is 12.2. The molecule has 0 saturated carbocycles. The minimum atomic E-state index is -3.51. The van der Waals surface area contributed by atoms with Crippen LogP contribution in [-0.4, -0.2) is 36.9 Å². The number of imidazole rings is 1. The molecule has 21 heavy (non-hydrogen) atoms. The van der Waals surface area contributed by atoms with Crippen molar-refractivity contribution in [2.24, 2.45) is 7.05 Å². The van der Waals surface area contributed by atoms with E-state index in [0.29, 0.717) is 19.8 Å². The highest BCUT2D eigenvalue weighted by Crippen LogP contribution is 2.03. The maximum Gasteiger partial charge on any atom is 0.379 e. The number of aryl methyl sites for hydroxylation is 1. The van der Waals surface area contributed by atoms with Gasteiger partial charge in [-0.15, -0.1) is 3.97 Å². The SMILES string of the molecule is CN(CCOCc1ccccc1)S(=O)(=O)n1cc[n+](C)c1. The van der Waals surface area contributed by atoms with Crippen LogP contribution in [0.1, 0.15) is 5.56 Å². The summed E-state index contributed by atoms with van der Waals surface area (Å²) in [6.07, 6.45) is 4.70. The highest BCUT2D eigenvalue weighted by molar-refractivity contribution is 7.87. The van der Waals surface area contributed by atoms with Crippen LogP contribution in [0.3, 0.4) is 0 Å². The van der Waals surface area contributed by atoms with Gasteiger partial charge in [-0.25, -0.2) is 4.57 Å². The number of hydrogen-bond donors (Lipinski definition) is 0. The Balaban J connectivity index is 1.83. The fourth-order valence-corrected chi connectivity index (χ4v) is 2.90. The zero-order chi connectivity index (χ0) is 15.3. The van der Waals surface area contributed by atoms with Crippen molar-refractivity contribution in [3.05, 3.63) is 54.6 Å². The van der Waals surface area contributed by atoms with E-state index in [0.717, 1.165) is 5.56 Å². The molecular formula is C14H20N3O3S+. The van der Waals surface area contributed by atoms with Crippen LogP contribution in [0, 0.1) is 0 Å². The molecule has 0 aliphatic heterocycles. The molecule has 0 aliphatic rings. The van der Waals surface area contributed by atoms with Crippen molar-refractivity contribution in [3.63, 3.8) is 0 Å². The molecule has 0 N–H and O–H groups in total. The quantitative estimate of drug-likeness (QED) is 0.554. The molecule has 0 spiro atoms. The topological polar surface area (TPSA) is 55.4 Å². The predicted molar refractivity (Wildman–Crippen MR) is 78.7 cm³/mol. The molecule has 2 rings (SSSR count). The lowest BCUT2D eigenvalue weighted by Crippen LogP contribution is -2.35. The van der Waals surface area contributed by atoms with E-state index in [1.54, 1.807) is 24.9 Å². The lowest BCUT2D eigenvalue weighted by atomic mass is 10.2. The van der Waals surface area contributed by atoms with Crippen LogP contribution in [0.5, 0.6) is 0 Å². The smallest absolute Gasteiger partial charge is 0.375 e. The Kier molecular flexibility index (Phi) is 5.11. The van der Waals surface area contributed by atoms with E-state index in [2.05, 4.69) is 0 Å². The molecule has 0 radical (unpaired) electrons. The van der Waals surface area contributed by atoms with Crippen molar-refractivity contribution < 1.29 is 17.7 Å². The molecule has 1 heterocycles. The summed E-state index contributed by atoms with van der Waals surface area (Å²) < 4.78 is 34.1. The Morgan fingerprint density at radius 1 is 1.29 bits per heavy atom. The molecule has 1 aromatic carbocycles. The van der Waals surface area contributed by atoms with E-state index in [-0.39, 0.29) is 0 Å². The van der Waals surface area contributed by atoms with Gasteiger partial charge in [0.1, 0.15) is 12.4 Å². The number of nitrogens with zero attached hydrogens (tertiary/aromatic N) is 3. The number of benzene rings is 1. The van der Waals surface area contributed by atoms with Crippen LogP contribution in [0.2, 0.25) is 0 Å². The first-order valence-electron chi connectivity index (χ1n) is 6.62. The van der Waals surface area contributed by atoms with Gasteiger partial charge in [-0.2, -0.15) is 12.7 Å². The van der Waals surface area contributed by atoms with E-state index in [4.69, 9.17) is 4.74 Å². The molecule has 6 nitrogen and oxygen atoms in total. The molecule has 0 amide bonds. The third kappa shape index (κ3) is 4.13. The fraction of sp³-hybridized carbons (Fsp3) is 0.357. The van der Waals surface area contributed by atoms with Crippen LogP contribution in [0.4, 0.5) is 0 Å². The molecule has 0 bridgehead atoms. The number of likely N-dealkylation sites (N-methyl/N-ethyl adjacent to an activating group) is 1. The van der Waals surface area contributed by atoms with Crippen molar-refractivity contribution in [1.29, 1.82) is 0 Å². The summed E-state index contributed by atoms with van der Waals surface area (Å²) in [6, 6.07) is 9.78. The number of hydrogen-bond acceptors (Lipinski definition) is 3. The van der Waals surface area contributed by atoms with Gasteiger partial charge in [-0.05, 0) is 5.56 Å². The zero-order valence-corrected chi connectivity index (χ0v) is 13.0. The second-order valence-electron chi connectivity index (χ2n) is 4.78. The average molecular weight is 310 g/mol. The first kappa shape index (κ1) is 15.7. The fourth-order valence-electron chi connectivity index (χ4n) is 1.80. The lowest BCUT2D eigenvalue weighted by Gasteiger charge is -2.14. The molecule has 0 saturated heterocycles. The van der Waals surface area contributed by atoms with Crippen molar-refractivity contribution in [3.8, 4) is 0 Å². The second kappa shape index (κ2) is 6.84. The normalized spacial score (nSPS) is 12.0. The summed E-state index contributed by atoms with van der Waals surface area (Å²) in [5, 5.41) is 0. The van der Waals surface area contributed by atoms with E-state index in [9.17, 15) is 8.42 Å². The van der Waals surface area contributed by atoms with E-state index < -0.39 is 10.2 Å². The molecule has 2 aromatic rings. The molecule has 0 unspecified atom stereocenters. The molecule has 114 valence electrons. The highest BCUT2D eigenvalue weighted by Gasteiger charge is 2.24. The molecule has 0 fully saturated rings. The summed E-state index contributed by atoms with van der Waals surface area (Å²) in [5.74, 6) is 0. The molecule has 1 aromatic heterocycles. The van der Waals surface area contributed by atoms with E-state index >= 15 is 0 Å². The minimum absolute atomic E-state index is 0.303. The van der Waals surface area contributed by atoms with Gasteiger partial charge in [0.25, 0.3) is 6.33 Å². The van der Waals surface area contributed by atoms with Crippen LogP contribution >= 0.6 is 0 Å². The van der Waals surface area contributed by atoms with Gasteiger partial charge in [0, 0.05) is 13.6 Å². The number of aromatic nitrogens is 2. The minimum Gasteiger partial charge on any atom is -0.375 e. The molecule has 7 heteroatoms. The molecule has 0 atom stereocenters. The van der Waals surface area contributed by atoms with Gasteiger partial charge in [0.05, 0.1) is 20.3 Å². The highest BCUT2D eigenvalue weighted by atomic mass is 32.2. The summed E-state index contributed by atoms with van der Waals surface area (Å²) >= 11 is 0. The first-order chi connectivity index (χ1) is 10.00. The maximum absolute atomic E-state index is 12.2. The van der Waals surface area contributed by atoms with Crippen LogP contribution in [0.25, 0.3) is 0 Å². The Hall–Kier alpha value is -1.70. The third-order valence-corrected chi connectivity index (χ3v) is 4.79. The van der Waals surface area contributed by atoms with Crippen molar-refractivity contribution in [2.45, 2.75) is 6.61 Å². The Bertz CT molecular complexity index is 668. The van der Waals surface area contributed by atoms with Crippen molar-refractivity contribution >= 4 is 10.2 Å². The summed E-state index contributed by atoms with van der Waals surface area (Å²) in [6.45, 7) is 1.13. The lowest BCUT2D eigenvalue weighted by molar-refractivity contribution is -0.670. The monoisotopic (exact) mass is 310 g/mol. The molecular weight excluding hydrogens is 290 g/mol. The van der Waals surface area contributed by atoms with Gasteiger partial charge in [-0.1, -0.05) is 30.3 Å². The van der Waals surface area contributed by atoms with Crippen molar-refractivity contribution in [1.82, 2.24) is 8.28 Å². The van der Waals surface area contributed by atoms with Crippen LogP contribution < -0.4 is 4.57 Å². The first-order valence-corrected chi connectivity index (χ1v) is 8.01. The summed E-state index contributed by atoms with van der Waals surface area (Å²) in [4.78, 5) is 0. The zero-order valence-electron chi connectivity index (χ0n) is 12.2. The van der Waals surface area contributed by atoms with Gasteiger partial charge in [0.15, 0.2) is 0 Å². The van der Waals surface area contributed by atoms with Gasteiger partial charge in [0.2, 0.25) is 0 Å².